The Morgan fingerprint density at radius 3 is 2.77 bits per heavy atom. The molecule has 0 N–H and O–H groups in total. The zero-order chi connectivity index (χ0) is 15.1. The molecule has 5 heteroatoms. The molecule has 0 bridgehead atoms. The van der Waals surface area contributed by atoms with Crippen LogP contribution < -0.4 is 4.90 Å². The molecule has 5 nitrogen and oxygen atoms in total. The Morgan fingerprint density at radius 2 is 1.95 bits per heavy atom. The highest BCUT2D eigenvalue weighted by molar-refractivity contribution is 5.87. The summed E-state index contributed by atoms with van der Waals surface area (Å²) in [6.07, 6.45) is 4.23. The number of fused-ring (bicyclic) bond motifs is 1. The molecule has 0 aliphatic carbocycles. The fourth-order valence-corrected chi connectivity index (χ4v) is 3.37. The van der Waals surface area contributed by atoms with Crippen molar-refractivity contribution >= 4 is 16.9 Å². The maximum absolute atomic E-state index is 4.73. The highest BCUT2D eigenvalue weighted by atomic mass is 15.3. The second-order valence-electron chi connectivity index (χ2n) is 5.86. The fourth-order valence-electron chi connectivity index (χ4n) is 3.37. The van der Waals surface area contributed by atoms with Gasteiger partial charge in [0.25, 0.3) is 0 Å². The Kier molecular flexibility index (Phi) is 3.06. The van der Waals surface area contributed by atoms with Gasteiger partial charge in [-0.15, -0.1) is 0 Å². The monoisotopic (exact) mass is 293 g/mol. The Morgan fingerprint density at radius 1 is 1.14 bits per heavy atom. The molecule has 4 rings (SSSR count). The van der Waals surface area contributed by atoms with Crippen LogP contribution in [0.25, 0.3) is 11.0 Å². The summed E-state index contributed by atoms with van der Waals surface area (Å²) in [6.45, 7) is 2.98. The number of aryl methyl sites for hydroxylation is 2. The average Bonchev–Trinajstić information content (AvgIpc) is 3.15. The number of benzene rings is 1. The van der Waals surface area contributed by atoms with Crippen LogP contribution in [0.5, 0.6) is 0 Å². The Labute approximate surface area is 129 Å². The molecule has 3 aromatic rings. The number of rotatable bonds is 2. The summed E-state index contributed by atoms with van der Waals surface area (Å²) in [6, 6.07) is 11.1. The molecule has 1 aliphatic heterocycles. The first-order valence-corrected chi connectivity index (χ1v) is 7.72. The van der Waals surface area contributed by atoms with E-state index in [1.54, 1.807) is 0 Å². The summed E-state index contributed by atoms with van der Waals surface area (Å²) in [5.41, 5.74) is 2.26. The van der Waals surface area contributed by atoms with Crippen LogP contribution >= 0.6 is 0 Å². The van der Waals surface area contributed by atoms with E-state index in [-0.39, 0.29) is 0 Å². The minimum absolute atomic E-state index is 0.388. The second-order valence-corrected chi connectivity index (χ2v) is 5.86. The Hall–Kier alpha value is -2.43. The van der Waals surface area contributed by atoms with Gasteiger partial charge in [-0.3, -0.25) is 4.68 Å². The Bertz CT molecular complexity index is 809. The Balaban J connectivity index is 1.84. The van der Waals surface area contributed by atoms with Gasteiger partial charge in [-0.05, 0) is 25.3 Å². The van der Waals surface area contributed by atoms with Crippen LogP contribution in [-0.2, 0) is 7.05 Å². The van der Waals surface area contributed by atoms with Crippen molar-refractivity contribution in [1.29, 1.82) is 0 Å². The molecule has 1 aromatic carbocycles. The molecule has 0 saturated carbocycles. The molecule has 1 atom stereocenters. The van der Waals surface area contributed by atoms with Gasteiger partial charge in [0, 0.05) is 13.6 Å². The molecular formula is C17H19N5. The van der Waals surface area contributed by atoms with Crippen molar-refractivity contribution in [1.82, 2.24) is 19.7 Å². The number of anilines is 1. The summed E-state index contributed by atoms with van der Waals surface area (Å²) in [5, 5.41) is 5.39. The van der Waals surface area contributed by atoms with Gasteiger partial charge in [-0.25, -0.2) is 9.97 Å². The van der Waals surface area contributed by atoms with Crippen molar-refractivity contribution in [2.24, 2.45) is 7.05 Å². The molecule has 1 saturated heterocycles. The van der Waals surface area contributed by atoms with Gasteiger partial charge in [-0.2, -0.15) is 5.10 Å². The first-order chi connectivity index (χ1) is 10.7. The van der Waals surface area contributed by atoms with Crippen LogP contribution in [0.2, 0.25) is 0 Å². The highest BCUT2D eigenvalue weighted by Crippen LogP contribution is 2.37. The smallest absolute Gasteiger partial charge is 0.163 e. The lowest BCUT2D eigenvalue weighted by molar-refractivity contribution is 0.711. The van der Waals surface area contributed by atoms with Gasteiger partial charge < -0.3 is 4.90 Å². The summed E-state index contributed by atoms with van der Waals surface area (Å²) in [7, 11) is 1.93. The average molecular weight is 293 g/mol. The van der Waals surface area contributed by atoms with E-state index in [0.29, 0.717) is 6.04 Å². The fraction of sp³-hybridized carbons (Fsp3) is 0.353. The van der Waals surface area contributed by atoms with Crippen LogP contribution in [0.15, 0.2) is 36.5 Å². The van der Waals surface area contributed by atoms with Crippen LogP contribution in [0.3, 0.4) is 0 Å². The predicted molar refractivity (Wildman–Crippen MR) is 86.8 cm³/mol. The number of hydrogen-bond donors (Lipinski definition) is 0. The van der Waals surface area contributed by atoms with Gasteiger partial charge in [0.05, 0.1) is 17.6 Å². The SMILES string of the molecule is Cc1nc(N2CCC[C@@H]2c2ccccc2)c2cnn(C)c2n1. The number of aromatic nitrogens is 4. The lowest BCUT2D eigenvalue weighted by Crippen LogP contribution is -2.24. The van der Waals surface area contributed by atoms with Gasteiger partial charge in [0.15, 0.2) is 5.65 Å². The molecule has 0 unspecified atom stereocenters. The molecule has 0 radical (unpaired) electrons. The normalized spacial score (nSPS) is 18.3. The maximum atomic E-state index is 4.73. The van der Waals surface area contributed by atoms with Gasteiger partial charge in [0.1, 0.15) is 11.6 Å². The quantitative estimate of drug-likeness (QED) is 0.728. The molecule has 0 amide bonds. The molecule has 1 fully saturated rings. The summed E-state index contributed by atoms with van der Waals surface area (Å²) in [4.78, 5) is 11.7. The van der Waals surface area contributed by atoms with E-state index in [2.05, 4.69) is 45.3 Å². The van der Waals surface area contributed by atoms with Crippen molar-refractivity contribution in [3.63, 3.8) is 0 Å². The van der Waals surface area contributed by atoms with Gasteiger partial charge in [0.2, 0.25) is 0 Å². The van der Waals surface area contributed by atoms with E-state index in [1.807, 2.05) is 24.9 Å². The molecule has 112 valence electrons. The first-order valence-electron chi connectivity index (χ1n) is 7.72. The summed E-state index contributed by atoms with van der Waals surface area (Å²) < 4.78 is 1.82. The minimum Gasteiger partial charge on any atom is -0.349 e. The third-order valence-corrected chi connectivity index (χ3v) is 4.39. The van der Waals surface area contributed by atoms with Crippen molar-refractivity contribution in [3.05, 3.63) is 47.9 Å². The van der Waals surface area contributed by atoms with E-state index >= 15 is 0 Å². The molecule has 1 aliphatic rings. The third kappa shape index (κ3) is 2.04. The molecule has 0 spiro atoms. The third-order valence-electron chi connectivity index (χ3n) is 4.39. The van der Waals surface area contributed by atoms with E-state index in [0.717, 1.165) is 35.6 Å². The first kappa shape index (κ1) is 13.2. The van der Waals surface area contributed by atoms with Crippen LogP contribution in [0.1, 0.15) is 30.3 Å². The molecular weight excluding hydrogens is 274 g/mol. The lowest BCUT2D eigenvalue weighted by Gasteiger charge is -2.26. The largest absolute Gasteiger partial charge is 0.349 e. The standard InChI is InChI=1S/C17H19N5/c1-12-19-16-14(11-18-21(16)2)17(20-12)22-10-6-9-15(22)13-7-4-3-5-8-13/h3-5,7-8,11,15H,6,9-10H2,1-2H3/t15-/m1/s1. The molecule has 22 heavy (non-hydrogen) atoms. The van der Waals surface area contributed by atoms with Crippen molar-refractivity contribution in [2.45, 2.75) is 25.8 Å². The van der Waals surface area contributed by atoms with Crippen LogP contribution in [-0.4, -0.2) is 26.3 Å². The van der Waals surface area contributed by atoms with Crippen LogP contribution in [0, 0.1) is 6.92 Å². The van der Waals surface area contributed by atoms with Gasteiger partial charge >= 0.3 is 0 Å². The lowest BCUT2D eigenvalue weighted by atomic mass is 10.0. The van der Waals surface area contributed by atoms with E-state index < -0.39 is 0 Å². The topological polar surface area (TPSA) is 46.8 Å². The van der Waals surface area contributed by atoms with E-state index in [1.165, 1.54) is 12.0 Å². The summed E-state index contributed by atoms with van der Waals surface area (Å²) >= 11 is 0. The maximum Gasteiger partial charge on any atom is 0.163 e. The van der Waals surface area contributed by atoms with Crippen LogP contribution in [0.4, 0.5) is 5.82 Å². The van der Waals surface area contributed by atoms with E-state index in [4.69, 9.17) is 4.98 Å². The minimum atomic E-state index is 0.388. The molecule has 2 aromatic heterocycles. The van der Waals surface area contributed by atoms with Crippen molar-refractivity contribution in [2.75, 3.05) is 11.4 Å². The number of hydrogen-bond acceptors (Lipinski definition) is 4. The predicted octanol–water partition coefficient (Wildman–Crippen LogP) is 3.01. The van der Waals surface area contributed by atoms with Gasteiger partial charge in [-0.1, -0.05) is 30.3 Å². The zero-order valence-corrected chi connectivity index (χ0v) is 12.9. The van der Waals surface area contributed by atoms with Crippen molar-refractivity contribution in [3.8, 4) is 0 Å². The molecule has 3 heterocycles. The number of nitrogens with zero attached hydrogens (tertiary/aromatic N) is 5. The summed E-state index contributed by atoms with van der Waals surface area (Å²) in [5.74, 6) is 1.81. The van der Waals surface area contributed by atoms with Crippen molar-refractivity contribution < 1.29 is 0 Å². The highest BCUT2D eigenvalue weighted by Gasteiger charge is 2.29. The van der Waals surface area contributed by atoms with E-state index in [9.17, 15) is 0 Å². The zero-order valence-electron chi connectivity index (χ0n) is 12.9. The second kappa shape index (κ2) is 5.09.